The molecule has 1 aliphatic rings. The number of carbonyl (C=O) groups is 2. The predicted molar refractivity (Wildman–Crippen MR) is 53.3 cm³/mol. The molecule has 1 N–H and O–H groups in total. The molecule has 1 fully saturated rings. The average Bonchev–Trinajstić information content (AvgIpc) is 2.70. The van der Waals surface area contributed by atoms with Crippen LogP contribution < -0.4 is 10.2 Å². The lowest BCUT2D eigenvalue weighted by Gasteiger charge is -2.24. The highest BCUT2D eigenvalue weighted by Crippen LogP contribution is 2.13. The van der Waals surface area contributed by atoms with Crippen LogP contribution >= 0.6 is 0 Å². The molecule has 2 heterocycles. The molecular weight excluding hydrogens is 196 g/mol. The molecule has 0 atom stereocenters. The minimum Gasteiger partial charge on any atom is -0.345 e. The van der Waals surface area contributed by atoms with Crippen molar-refractivity contribution in [3.05, 3.63) is 12.4 Å². The second-order valence-electron chi connectivity index (χ2n) is 3.31. The lowest BCUT2D eigenvalue weighted by atomic mass is 10.3. The summed E-state index contributed by atoms with van der Waals surface area (Å²) in [6, 6.07) is 0. The first-order valence-electron chi connectivity index (χ1n) is 4.80. The van der Waals surface area contributed by atoms with Crippen LogP contribution in [0.3, 0.4) is 0 Å². The summed E-state index contributed by atoms with van der Waals surface area (Å²) in [4.78, 5) is 24.1. The molecule has 1 aromatic heterocycles. The van der Waals surface area contributed by atoms with E-state index in [-0.39, 0.29) is 24.9 Å². The molecule has 0 saturated carbocycles. The first-order valence-corrected chi connectivity index (χ1v) is 4.80. The van der Waals surface area contributed by atoms with E-state index in [0.29, 0.717) is 5.69 Å². The van der Waals surface area contributed by atoms with Gasteiger partial charge in [-0.3, -0.25) is 19.2 Å². The van der Waals surface area contributed by atoms with Gasteiger partial charge in [0, 0.05) is 12.7 Å². The lowest BCUT2D eigenvalue weighted by Crippen LogP contribution is -2.51. The fraction of sp³-hybridized carbons (Fsp3) is 0.444. The van der Waals surface area contributed by atoms with Crippen molar-refractivity contribution in [1.29, 1.82) is 0 Å². The molecule has 6 heteroatoms. The van der Waals surface area contributed by atoms with E-state index < -0.39 is 0 Å². The number of carbonyl (C=O) groups excluding carboxylic acids is 2. The molecule has 15 heavy (non-hydrogen) atoms. The smallest absolute Gasteiger partial charge is 0.246 e. The number of aryl methyl sites for hydroxylation is 1. The average molecular weight is 208 g/mol. The fourth-order valence-corrected chi connectivity index (χ4v) is 1.46. The van der Waals surface area contributed by atoms with Gasteiger partial charge in [0.25, 0.3) is 0 Å². The van der Waals surface area contributed by atoms with Crippen LogP contribution in [0, 0.1) is 0 Å². The van der Waals surface area contributed by atoms with Crippen LogP contribution in [0.15, 0.2) is 12.4 Å². The summed E-state index contributed by atoms with van der Waals surface area (Å²) >= 11 is 0. The van der Waals surface area contributed by atoms with Crippen molar-refractivity contribution < 1.29 is 9.59 Å². The molecule has 1 aliphatic heterocycles. The van der Waals surface area contributed by atoms with Crippen LogP contribution in [0.5, 0.6) is 0 Å². The van der Waals surface area contributed by atoms with Gasteiger partial charge in [0.05, 0.1) is 18.4 Å². The zero-order chi connectivity index (χ0) is 10.8. The molecule has 0 aliphatic carbocycles. The maximum absolute atomic E-state index is 11.5. The van der Waals surface area contributed by atoms with Gasteiger partial charge >= 0.3 is 0 Å². The minimum atomic E-state index is -0.140. The Kier molecular flexibility index (Phi) is 2.40. The Hall–Kier alpha value is -1.85. The molecule has 80 valence electrons. The third-order valence-electron chi connectivity index (χ3n) is 2.29. The second-order valence-corrected chi connectivity index (χ2v) is 3.31. The summed E-state index contributed by atoms with van der Waals surface area (Å²) in [5.74, 6) is -0.246. The second kappa shape index (κ2) is 3.72. The first kappa shape index (κ1) is 9.70. The summed E-state index contributed by atoms with van der Waals surface area (Å²) in [7, 11) is 0. The van der Waals surface area contributed by atoms with Crippen LogP contribution in [0.4, 0.5) is 5.69 Å². The van der Waals surface area contributed by atoms with Crippen molar-refractivity contribution in [3.8, 4) is 0 Å². The van der Waals surface area contributed by atoms with E-state index in [2.05, 4.69) is 10.4 Å². The van der Waals surface area contributed by atoms with Crippen LogP contribution in [0.2, 0.25) is 0 Å². The third-order valence-corrected chi connectivity index (χ3v) is 2.29. The van der Waals surface area contributed by atoms with Gasteiger partial charge < -0.3 is 5.32 Å². The zero-order valence-corrected chi connectivity index (χ0v) is 8.43. The SMILES string of the molecule is CCn1cc(N2CC(=O)NCC2=O)cn1. The Bertz CT molecular complexity index is 399. The Labute approximate surface area is 86.9 Å². The number of hydrogen-bond acceptors (Lipinski definition) is 3. The Balaban J connectivity index is 2.20. The molecule has 0 unspecified atom stereocenters. The lowest BCUT2D eigenvalue weighted by molar-refractivity contribution is -0.128. The molecule has 0 radical (unpaired) electrons. The zero-order valence-electron chi connectivity index (χ0n) is 8.43. The van der Waals surface area contributed by atoms with Gasteiger partial charge in [-0.15, -0.1) is 0 Å². The minimum absolute atomic E-state index is 0.0656. The van der Waals surface area contributed by atoms with Crippen LogP contribution in [0.1, 0.15) is 6.92 Å². The Morgan fingerprint density at radius 1 is 1.53 bits per heavy atom. The van der Waals surface area contributed by atoms with Gasteiger partial charge in [0.2, 0.25) is 11.8 Å². The molecule has 6 nitrogen and oxygen atoms in total. The molecule has 1 aromatic rings. The normalized spacial score (nSPS) is 16.7. The fourth-order valence-electron chi connectivity index (χ4n) is 1.46. The highest BCUT2D eigenvalue weighted by atomic mass is 16.2. The topological polar surface area (TPSA) is 67.2 Å². The molecule has 0 aromatic carbocycles. The van der Waals surface area contributed by atoms with Crippen molar-refractivity contribution >= 4 is 17.5 Å². The predicted octanol–water partition coefficient (Wildman–Crippen LogP) is -0.634. The first-order chi connectivity index (χ1) is 7.20. The van der Waals surface area contributed by atoms with E-state index in [1.807, 2.05) is 6.92 Å². The number of nitrogens with one attached hydrogen (secondary N) is 1. The molecule has 0 bridgehead atoms. The van der Waals surface area contributed by atoms with Crippen molar-refractivity contribution in [2.75, 3.05) is 18.0 Å². The van der Waals surface area contributed by atoms with Gasteiger partial charge in [-0.25, -0.2) is 0 Å². The van der Waals surface area contributed by atoms with Crippen LogP contribution in [0.25, 0.3) is 0 Å². The number of aromatic nitrogens is 2. The molecule has 2 amide bonds. The largest absolute Gasteiger partial charge is 0.345 e. The molecular formula is C9H12N4O2. The number of anilines is 1. The number of amides is 2. The summed E-state index contributed by atoms with van der Waals surface area (Å²) in [6.07, 6.45) is 3.36. The van der Waals surface area contributed by atoms with Gasteiger partial charge in [0.15, 0.2) is 0 Å². The van der Waals surface area contributed by atoms with E-state index in [4.69, 9.17) is 0 Å². The Morgan fingerprint density at radius 3 is 3.00 bits per heavy atom. The van der Waals surface area contributed by atoms with E-state index in [9.17, 15) is 9.59 Å². The maximum atomic E-state index is 11.5. The highest BCUT2D eigenvalue weighted by Gasteiger charge is 2.25. The van der Waals surface area contributed by atoms with E-state index in [1.165, 1.54) is 4.90 Å². The summed E-state index contributed by atoms with van der Waals surface area (Å²) < 4.78 is 1.72. The van der Waals surface area contributed by atoms with Crippen LogP contribution in [-0.2, 0) is 16.1 Å². The quantitative estimate of drug-likeness (QED) is 0.703. The summed E-state index contributed by atoms with van der Waals surface area (Å²) in [6.45, 7) is 2.85. The van der Waals surface area contributed by atoms with Crippen molar-refractivity contribution in [2.24, 2.45) is 0 Å². The van der Waals surface area contributed by atoms with E-state index >= 15 is 0 Å². The molecule has 0 spiro atoms. The number of piperazine rings is 1. The van der Waals surface area contributed by atoms with E-state index in [1.54, 1.807) is 17.1 Å². The van der Waals surface area contributed by atoms with E-state index in [0.717, 1.165) is 6.54 Å². The van der Waals surface area contributed by atoms with Gasteiger partial charge in [-0.2, -0.15) is 5.10 Å². The van der Waals surface area contributed by atoms with Gasteiger partial charge in [0.1, 0.15) is 6.54 Å². The molecule has 1 saturated heterocycles. The number of nitrogens with zero attached hydrogens (tertiary/aromatic N) is 3. The highest BCUT2D eigenvalue weighted by molar-refractivity contribution is 6.04. The summed E-state index contributed by atoms with van der Waals surface area (Å²) in [5, 5.41) is 6.56. The third kappa shape index (κ3) is 1.83. The number of rotatable bonds is 2. The van der Waals surface area contributed by atoms with Crippen LogP contribution in [-0.4, -0.2) is 34.7 Å². The van der Waals surface area contributed by atoms with Crippen molar-refractivity contribution in [1.82, 2.24) is 15.1 Å². The standard InChI is InChI=1S/C9H12N4O2/c1-2-12-5-7(3-11-12)13-6-8(14)10-4-9(13)15/h3,5H,2,4,6H2,1H3,(H,10,14). The van der Waals surface area contributed by atoms with Crippen molar-refractivity contribution in [3.63, 3.8) is 0 Å². The van der Waals surface area contributed by atoms with Crippen molar-refractivity contribution in [2.45, 2.75) is 13.5 Å². The Morgan fingerprint density at radius 2 is 2.33 bits per heavy atom. The number of hydrogen-bond donors (Lipinski definition) is 1. The molecule has 2 rings (SSSR count). The summed E-state index contributed by atoms with van der Waals surface area (Å²) in [5.41, 5.74) is 0.678. The maximum Gasteiger partial charge on any atom is 0.246 e. The van der Waals surface area contributed by atoms with Gasteiger partial charge in [-0.05, 0) is 6.92 Å². The monoisotopic (exact) mass is 208 g/mol. The van der Waals surface area contributed by atoms with Gasteiger partial charge in [-0.1, -0.05) is 0 Å².